The Morgan fingerprint density at radius 3 is 2.73 bits per heavy atom. The first kappa shape index (κ1) is 17.9. The Balaban J connectivity index is 1.57. The van der Waals surface area contributed by atoms with Crippen molar-refractivity contribution in [2.45, 2.75) is 19.9 Å². The molecule has 0 aliphatic heterocycles. The highest BCUT2D eigenvalue weighted by molar-refractivity contribution is 6.30. The Labute approximate surface area is 156 Å². The number of carbonyl (C=O) groups is 1. The van der Waals surface area contributed by atoms with Gasteiger partial charge in [-0.25, -0.2) is 9.97 Å². The largest absolute Gasteiger partial charge is 0.467 e. The third kappa shape index (κ3) is 5.07. The summed E-state index contributed by atoms with van der Waals surface area (Å²) in [6.07, 6.45) is 2.39. The number of hydrogen-bond donors (Lipinski definition) is 2. The molecule has 26 heavy (non-hydrogen) atoms. The molecule has 6 nitrogen and oxygen atoms in total. The number of aromatic nitrogens is 2. The van der Waals surface area contributed by atoms with Crippen molar-refractivity contribution in [3.05, 3.63) is 76.6 Å². The van der Waals surface area contributed by atoms with E-state index in [0.29, 0.717) is 36.2 Å². The lowest BCUT2D eigenvalue weighted by atomic mass is 10.1. The molecule has 2 N–H and O–H groups in total. The van der Waals surface area contributed by atoms with E-state index in [4.69, 9.17) is 16.0 Å². The minimum Gasteiger partial charge on any atom is -0.467 e. The van der Waals surface area contributed by atoms with Gasteiger partial charge in [-0.15, -0.1) is 0 Å². The summed E-state index contributed by atoms with van der Waals surface area (Å²) in [6, 6.07) is 12.9. The van der Waals surface area contributed by atoms with Crippen molar-refractivity contribution in [1.82, 2.24) is 15.3 Å². The molecule has 0 unspecified atom stereocenters. The Kier molecular flexibility index (Phi) is 5.86. The maximum Gasteiger partial charge on any atom is 0.270 e. The molecule has 1 amide bonds. The molecule has 3 aromatic rings. The van der Waals surface area contributed by atoms with Crippen LogP contribution in [0.1, 0.15) is 27.6 Å². The highest BCUT2D eigenvalue weighted by atomic mass is 35.5. The number of nitrogens with zero attached hydrogens (tertiary/aromatic N) is 2. The van der Waals surface area contributed by atoms with Crippen molar-refractivity contribution < 1.29 is 9.21 Å². The molecule has 0 radical (unpaired) electrons. The van der Waals surface area contributed by atoms with Crippen LogP contribution in [0.15, 0.2) is 53.1 Å². The van der Waals surface area contributed by atoms with E-state index in [2.05, 4.69) is 20.6 Å². The molecule has 0 spiro atoms. The molecule has 1 aromatic carbocycles. The quantitative estimate of drug-likeness (QED) is 0.664. The van der Waals surface area contributed by atoms with E-state index in [9.17, 15) is 4.79 Å². The normalized spacial score (nSPS) is 10.5. The summed E-state index contributed by atoms with van der Waals surface area (Å²) in [7, 11) is 0. The number of aryl methyl sites for hydroxylation is 1. The molecule has 2 heterocycles. The molecule has 0 aliphatic rings. The van der Waals surface area contributed by atoms with Gasteiger partial charge in [-0.3, -0.25) is 4.79 Å². The van der Waals surface area contributed by atoms with Crippen LogP contribution in [0.3, 0.4) is 0 Å². The molecular formula is C19H19ClN4O2. The fourth-order valence-corrected chi connectivity index (χ4v) is 2.56. The maximum atomic E-state index is 12.3. The van der Waals surface area contributed by atoms with Crippen LogP contribution in [0.4, 0.5) is 5.82 Å². The number of halogens is 1. The summed E-state index contributed by atoms with van der Waals surface area (Å²) in [4.78, 5) is 20.8. The van der Waals surface area contributed by atoms with E-state index >= 15 is 0 Å². The molecule has 0 bridgehead atoms. The summed E-state index contributed by atoms with van der Waals surface area (Å²) in [6.45, 7) is 2.76. The molecule has 7 heteroatoms. The zero-order valence-corrected chi connectivity index (χ0v) is 15.1. The smallest absolute Gasteiger partial charge is 0.270 e. The van der Waals surface area contributed by atoms with Gasteiger partial charge in [0.05, 0.1) is 12.8 Å². The van der Waals surface area contributed by atoms with Crippen molar-refractivity contribution in [1.29, 1.82) is 0 Å². The lowest BCUT2D eigenvalue weighted by Crippen LogP contribution is -2.24. The van der Waals surface area contributed by atoms with E-state index in [-0.39, 0.29) is 5.91 Å². The highest BCUT2D eigenvalue weighted by Gasteiger charge is 2.11. The highest BCUT2D eigenvalue weighted by Crippen LogP contribution is 2.11. The van der Waals surface area contributed by atoms with Gasteiger partial charge in [0.1, 0.15) is 23.1 Å². The summed E-state index contributed by atoms with van der Waals surface area (Å²) >= 11 is 5.89. The molecule has 0 saturated carbocycles. The van der Waals surface area contributed by atoms with E-state index in [0.717, 1.165) is 11.4 Å². The first-order valence-corrected chi connectivity index (χ1v) is 8.62. The molecule has 3 rings (SSSR count). The molecular weight excluding hydrogens is 352 g/mol. The maximum absolute atomic E-state index is 12.3. The van der Waals surface area contributed by atoms with Gasteiger partial charge >= 0.3 is 0 Å². The molecule has 2 aromatic heterocycles. The van der Waals surface area contributed by atoms with Crippen molar-refractivity contribution in [3.8, 4) is 0 Å². The summed E-state index contributed by atoms with van der Waals surface area (Å²) in [5.74, 6) is 1.57. The summed E-state index contributed by atoms with van der Waals surface area (Å²) < 4.78 is 5.20. The van der Waals surface area contributed by atoms with E-state index in [1.807, 2.05) is 24.3 Å². The number of amides is 1. The van der Waals surface area contributed by atoms with E-state index in [1.165, 1.54) is 5.56 Å². The minimum atomic E-state index is -0.271. The fraction of sp³-hybridized carbons (Fsp3) is 0.211. The van der Waals surface area contributed by atoms with Crippen LogP contribution in [0, 0.1) is 6.92 Å². The lowest BCUT2D eigenvalue weighted by molar-refractivity contribution is 0.0942. The molecule has 0 aliphatic carbocycles. The van der Waals surface area contributed by atoms with E-state index < -0.39 is 0 Å². The number of nitrogens with one attached hydrogen (secondary N) is 2. The average Bonchev–Trinajstić information content (AvgIpc) is 3.14. The molecule has 0 fully saturated rings. The summed E-state index contributed by atoms with van der Waals surface area (Å²) in [5, 5.41) is 6.73. The second-order valence-corrected chi connectivity index (χ2v) is 6.19. The van der Waals surface area contributed by atoms with Crippen LogP contribution < -0.4 is 10.6 Å². The first-order chi connectivity index (χ1) is 12.6. The number of furan rings is 1. The van der Waals surface area contributed by atoms with Crippen molar-refractivity contribution in [2.24, 2.45) is 0 Å². The zero-order chi connectivity index (χ0) is 18.4. The first-order valence-electron chi connectivity index (χ1n) is 8.25. The predicted molar refractivity (Wildman–Crippen MR) is 100 cm³/mol. The fourth-order valence-electron chi connectivity index (χ4n) is 2.43. The number of rotatable bonds is 7. The number of hydrogen-bond acceptors (Lipinski definition) is 5. The van der Waals surface area contributed by atoms with Crippen molar-refractivity contribution >= 4 is 23.3 Å². The van der Waals surface area contributed by atoms with Crippen LogP contribution >= 0.6 is 11.6 Å². The third-order valence-corrected chi connectivity index (χ3v) is 3.96. The monoisotopic (exact) mass is 370 g/mol. The molecule has 134 valence electrons. The SMILES string of the molecule is Cc1nc(NCCc2ccc(Cl)cc2)cc(C(=O)NCc2ccco2)n1. The van der Waals surface area contributed by atoms with E-state index in [1.54, 1.807) is 31.4 Å². The van der Waals surface area contributed by atoms with Gasteiger partial charge < -0.3 is 15.1 Å². The Morgan fingerprint density at radius 2 is 2.00 bits per heavy atom. The second kappa shape index (κ2) is 8.49. The molecule has 0 saturated heterocycles. The van der Waals surface area contributed by atoms with Crippen LogP contribution in [0.5, 0.6) is 0 Å². The number of benzene rings is 1. The molecule has 0 atom stereocenters. The predicted octanol–water partition coefficient (Wildman–Crippen LogP) is 3.62. The van der Waals surface area contributed by atoms with Gasteiger partial charge in [0.25, 0.3) is 5.91 Å². The number of carbonyl (C=O) groups excluding carboxylic acids is 1. The Morgan fingerprint density at radius 1 is 1.19 bits per heavy atom. The summed E-state index contributed by atoms with van der Waals surface area (Å²) in [5.41, 5.74) is 1.49. The van der Waals surface area contributed by atoms with Gasteiger partial charge in [0, 0.05) is 17.6 Å². The zero-order valence-electron chi connectivity index (χ0n) is 14.3. The van der Waals surface area contributed by atoms with Crippen LogP contribution in [0.2, 0.25) is 5.02 Å². The van der Waals surface area contributed by atoms with Crippen molar-refractivity contribution in [2.75, 3.05) is 11.9 Å². The standard InChI is InChI=1S/C19H19ClN4O2/c1-13-23-17(19(25)22-12-16-3-2-10-26-16)11-18(24-13)21-9-8-14-4-6-15(20)7-5-14/h2-7,10-11H,8-9,12H2,1H3,(H,22,25)(H,21,23,24). The van der Waals surface area contributed by atoms with Crippen LogP contribution in [-0.2, 0) is 13.0 Å². The lowest BCUT2D eigenvalue weighted by Gasteiger charge is -2.09. The van der Waals surface area contributed by atoms with Gasteiger partial charge in [-0.05, 0) is 43.2 Å². The second-order valence-electron chi connectivity index (χ2n) is 5.75. The Bertz CT molecular complexity index is 864. The van der Waals surface area contributed by atoms with Crippen LogP contribution in [0.25, 0.3) is 0 Å². The Hall–Kier alpha value is -2.86. The van der Waals surface area contributed by atoms with Crippen molar-refractivity contribution in [3.63, 3.8) is 0 Å². The topological polar surface area (TPSA) is 80.0 Å². The number of anilines is 1. The van der Waals surface area contributed by atoms with Gasteiger partial charge in [-0.2, -0.15) is 0 Å². The minimum absolute atomic E-state index is 0.271. The van der Waals surface area contributed by atoms with Gasteiger partial charge in [-0.1, -0.05) is 23.7 Å². The average molecular weight is 371 g/mol. The third-order valence-electron chi connectivity index (χ3n) is 3.71. The van der Waals surface area contributed by atoms with Crippen LogP contribution in [-0.4, -0.2) is 22.4 Å². The van der Waals surface area contributed by atoms with Gasteiger partial charge in [0.15, 0.2) is 0 Å². The van der Waals surface area contributed by atoms with Gasteiger partial charge in [0.2, 0.25) is 0 Å².